The van der Waals surface area contributed by atoms with Crippen LogP contribution in [0.3, 0.4) is 0 Å². The summed E-state index contributed by atoms with van der Waals surface area (Å²) in [6, 6.07) is 0. The Morgan fingerprint density at radius 3 is 2.31 bits per heavy atom. The van der Waals surface area contributed by atoms with Gasteiger partial charge in [0, 0.05) is 19.6 Å². The van der Waals surface area contributed by atoms with E-state index in [0.717, 1.165) is 32.5 Å². The number of likely N-dealkylation sites (N-methyl/N-ethyl adjacent to an activating group) is 1. The molecule has 0 amide bonds. The topological polar surface area (TPSA) is 44.7 Å². The number of ether oxygens (including phenoxy) is 1. The van der Waals surface area contributed by atoms with Gasteiger partial charge in [-0.1, -0.05) is 13.8 Å². The number of hydrogen-bond donors (Lipinski definition) is 2. The molecule has 0 saturated carbocycles. The van der Waals surface area contributed by atoms with Crippen LogP contribution in [-0.2, 0) is 4.74 Å². The minimum absolute atomic E-state index is 0.552. The fourth-order valence-electron chi connectivity index (χ4n) is 1.31. The molecule has 0 aromatic carbocycles. The van der Waals surface area contributed by atoms with E-state index in [4.69, 9.17) is 4.74 Å². The molecule has 16 heavy (non-hydrogen) atoms. The van der Waals surface area contributed by atoms with Gasteiger partial charge in [-0.3, -0.25) is 0 Å². The van der Waals surface area contributed by atoms with Crippen molar-refractivity contribution >= 4 is 0 Å². The zero-order chi connectivity index (χ0) is 12.4. The van der Waals surface area contributed by atoms with Gasteiger partial charge in [-0.15, -0.1) is 0 Å². The van der Waals surface area contributed by atoms with E-state index in [9.17, 15) is 5.11 Å². The maximum atomic E-state index is 9.99. The van der Waals surface area contributed by atoms with Crippen molar-refractivity contribution in [2.75, 3.05) is 46.9 Å². The Morgan fingerprint density at radius 2 is 1.81 bits per heavy atom. The SMILES string of the molecule is CCC(O)(CC)CNCCOCCN(C)C. The Labute approximate surface area is 100.0 Å². The van der Waals surface area contributed by atoms with Crippen LogP contribution >= 0.6 is 0 Å². The van der Waals surface area contributed by atoms with Gasteiger partial charge in [0.15, 0.2) is 0 Å². The fourth-order valence-corrected chi connectivity index (χ4v) is 1.31. The van der Waals surface area contributed by atoms with Crippen LogP contribution in [0.5, 0.6) is 0 Å². The molecule has 0 aromatic heterocycles. The van der Waals surface area contributed by atoms with Gasteiger partial charge in [0.1, 0.15) is 0 Å². The van der Waals surface area contributed by atoms with Crippen molar-refractivity contribution in [3.63, 3.8) is 0 Å². The summed E-state index contributed by atoms with van der Waals surface area (Å²) < 4.78 is 5.44. The van der Waals surface area contributed by atoms with Crippen LogP contribution in [0.15, 0.2) is 0 Å². The molecule has 0 atom stereocenters. The molecular formula is C12H28N2O2. The average Bonchev–Trinajstić information content (AvgIpc) is 2.27. The molecule has 0 spiro atoms. The average molecular weight is 232 g/mol. The van der Waals surface area contributed by atoms with E-state index in [-0.39, 0.29) is 0 Å². The number of hydrogen-bond acceptors (Lipinski definition) is 4. The summed E-state index contributed by atoms with van der Waals surface area (Å²) in [5, 5.41) is 13.2. The predicted octanol–water partition coefficient (Wildman–Crippen LogP) is 0.705. The highest BCUT2D eigenvalue weighted by Crippen LogP contribution is 2.12. The van der Waals surface area contributed by atoms with E-state index >= 15 is 0 Å². The second-order valence-electron chi connectivity index (χ2n) is 4.52. The molecule has 4 nitrogen and oxygen atoms in total. The largest absolute Gasteiger partial charge is 0.389 e. The lowest BCUT2D eigenvalue weighted by Gasteiger charge is -2.25. The maximum absolute atomic E-state index is 9.99. The molecule has 0 aliphatic carbocycles. The van der Waals surface area contributed by atoms with Crippen molar-refractivity contribution in [1.29, 1.82) is 0 Å². The highest BCUT2D eigenvalue weighted by Gasteiger charge is 2.20. The van der Waals surface area contributed by atoms with E-state index < -0.39 is 5.60 Å². The van der Waals surface area contributed by atoms with Crippen LogP contribution in [-0.4, -0.2) is 62.6 Å². The smallest absolute Gasteiger partial charge is 0.0766 e. The third-order valence-electron chi connectivity index (χ3n) is 2.88. The summed E-state index contributed by atoms with van der Waals surface area (Å²) in [7, 11) is 4.06. The van der Waals surface area contributed by atoms with Gasteiger partial charge in [0.05, 0.1) is 18.8 Å². The Kier molecular flexibility index (Phi) is 8.84. The first-order chi connectivity index (χ1) is 7.54. The Hall–Kier alpha value is -0.160. The summed E-state index contributed by atoms with van der Waals surface area (Å²) in [4.78, 5) is 2.10. The van der Waals surface area contributed by atoms with Crippen molar-refractivity contribution < 1.29 is 9.84 Å². The molecule has 0 saturated heterocycles. The molecule has 0 bridgehead atoms. The van der Waals surface area contributed by atoms with Gasteiger partial charge in [0.2, 0.25) is 0 Å². The molecule has 0 heterocycles. The monoisotopic (exact) mass is 232 g/mol. The van der Waals surface area contributed by atoms with Gasteiger partial charge < -0.3 is 20.1 Å². The van der Waals surface area contributed by atoms with Crippen molar-refractivity contribution in [3.05, 3.63) is 0 Å². The molecule has 0 aliphatic heterocycles. The van der Waals surface area contributed by atoms with Gasteiger partial charge in [-0.05, 0) is 26.9 Å². The van der Waals surface area contributed by atoms with E-state index in [2.05, 4.69) is 10.2 Å². The molecule has 98 valence electrons. The molecule has 0 unspecified atom stereocenters. The van der Waals surface area contributed by atoms with E-state index in [1.54, 1.807) is 0 Å². The molecule has 2 N–H and O–H groups in total. The molecule has 0 rings (SSSR count). The normalized spacial score (nSPS) is 12.4. The molecule has 0 aliphatic rings. The van der Waals surface area contributed by atoms with Gasteiger partial charge in [0.25, 0.3) is 0 Å². The van der Waals surface area contributed by atoms with Crippen LogP contribution in [0.4, 0.5) is 0 Å². The Morgan fingerprint density at radius 1 is 1.19 bits per heavy atom. The summed E-state index contributed by atoms with van der Waals surface area (Å²) in [5.74, 6) is 0. The zero-order valence-corrected chi connectivity index (χ0v) is 11.3. The number of rotatable bonds is 10. The fraction of sp³-hybridized carbons (Fsp3) is 1.00. The summed E-state index contributed by atoms with van der Waals surface area (Å²) in [5.41, 5.74) is -0.552. The highest BCUT2D eigenvalue weighted by atomic mass is 16.5. The Balaban J connectivity index is 3.33. The second kappa shape index (κ2) is 8.93. The van der Waals surface area contributed by atoms with Crippen LogP contribution in [0.1, 0.15) is 26.7 Å². The summed E-state index contributed by atoms with van der Waals surface area (Å²) in [6.45, 7) is 7.90. The van der Waals surface area contributed by atoms with Gasteiger partial charge in [-0.2, -0.15) is 0 Å². The standard InChI is InChI=1S/C12H28N2O2/c1-5-12(15,6-2)11-13-7-9-16-10-8-14(3)4/h13,15H,5-11H2,1-4H3. The first-order valence-electron chi connectivity index (χ1n) is 6.19. The maximum Gasteiger partial charge on any atom is 0.0766 e. The lowest BCUT2D eigenvalue weighted by atomic mass is 9.98. The second-order valence-corrected chi connectivity index (χ2v) is 4.52. The minimum Gasteiger partial charge on any atom is -0.389 e. The lowest BCUT2D eigenvalue weighted by Crippen LogP contribution is -2.40. The third-order valence-corrected chi connectivity index (χ3v) is 2.88. The van der Waals surface area contributed by atoms with Crippen molar-refractivity contribution in [2.45, 2.75) is 32.3 Å². The first-order valence-corrected chi connectivity index (χ1v) is 6.19. The van der Waals surface area contributed by atoms with Crippen molar-refractivity contribution in [1.82, 2.24) is 10.2 Å². The molecule has 4 heteroatoms. The summed E-state index contributed by atoms with van der Waals surface area (Å²) in [6.07, 6.45) is 1.58. The van der Waals surface area contributed by atoms with Crippen molar-refractivity contribution in [2.24, 2.45) is 0 Å². The Bertz CT molecular complexity index is 159. The third kappa shape index (κ3) is 8.05. The first kappa shape index (κ1) is 15.8. The number of aliphatic hydroxyl groups is 1. The van der Waals surface area contributed by atoms with Gasteiger partial charge in [-0.25, -0.2) is 0 Å². The van der Waals surface area contributed by atoms with E-state index in [1.165, 1.54) is 0 Å². The predicted molar refractivity (Wildman–Crippen MR) is 67.8 cm³/mol. The summed E-state index contributed by atoms with van der Waals surface area (Å²) >= 11 is 0. The van der Waals surface area contributed by atoms with Crippen LogP contribution < -0.4 is 5.32 Å². The molecule has 0 aromatic rings. The zero-order valence-electron chi connectivity index (χ0n) is 11.3. The number of nitrogens with zero attached hydrogens (tertiary/aromatic N) is 1. The van der Waals surface area contributed by atoms with E-state index in [1.807, 2.05) is 27.9 Å². The van der Waals surface area contributed by atoms with Crippen LogP contribution in [0.25, 0.3) is 0 Å². The molecule has 0 radical (unpaired) electrons. The molecular weight excluding hydrogens is 204 g/mol. The highest BCUT2D eigenvalue weighted by molar-refractivity contribution is 4.77. The number of nitrogens with one attached hydrogen (secondary N) is 1. The van der Waals surface area contributed by atoms with Crippen LogP contribution in [0, 0.1) is 0 Å². The van der Waals surface area contributed by atoms with Crippen molar-refractivity contribution in [3.8, 4) is 0 Å². The van der Waals surface area contributed by atoms with Gasteiger partial charge >= 0.3 is 0 Å². The minimum atomic E-state index is -0.552. The van der Waals surface area contributed by atoms with Crippen LogP contribution in [0.2, 0.25) is 0 Å². The molecule has 0 fully saturated rings. The lowest BCUT2D eigenvalue weighted by molar-refractivity contribution is 0.0299. The quantitative estimate of drug-likeness (QED) is 0.544. The van der Waals surface area contributed by atoms with E-state index in [0.29, 0.717) is 13.2 Å².